The molecule has 2 aliphatic rings. The molecule has 1 atom stereocenters. The highest BCUT2D eigenvalue weighted by molar-refractivity contribution is 5.95. The van der Waals surface area contributed by atoms with Crippen LogP contribution in [-0.4, -0.2) is 49.6 Å². The Bertz CT molecular complexity index is 935. The predicted octanol–water partition coefficient (Wildman–Crippen LogP) is 4.33. The van der Waals surface area contributed by atoms with Gasteiger partial charge in [-0.2, -0.15) is 0 Å². The molecular weight excluding hydrogens is 416 g/mol. The van der Waals surface area contributed by atoms with Gasteiger partial charge in [0.1, 0.15) is 5.75 Å². The van der Waals surface area contributed by atoms with Crippen LogP contribution in [0.3, 0.4) is 0 Å². The number of urea groups is 1. The number of nitrogens with one attached hydrogen (secondary N) is 3. The molecule has 2 aromatic rings. The Morgan fingerprint density at radius 3 is 2.39 bits per heavy atom. The van der Waals surface area contributed by atoms with Crippen molar-refractivity contribution in [2.75, 3.05) is 32.1 Å². The third-order valence-corrected chi connectivity index (χ3v) is 6.63. The Morgan fingerprint density at radius 2 is 1.70 bits per heavy atom. The zero-order valence-corrected chi connectivity index (χ0v) is 19.3. The van der Waals surface area contributed by atoms with E-state index in [-0.39, 0.29) is 24.0 Å². The van der Waals surface area contributed by atoms with Gasteiger partial charge < -0.3 is 20.7 Å². The molecule has 1 unspecified atom stereocenters. The van der Waals surface area contributed by atoms with E-state index in [0.29, 0.717) is 17.8 Å². The molecule has 176 valence electrons. The second-order valence-corrected chi connectivity index (χ2v) is 8.87. The zero-order chi connectivity index (χ0) is 23.0. The van der Waals surface area contributed by atoms with Crippen molar-refractivity contribution in [2.24, 2.45) is 0 Å². The van der Waals surface area contributed by atoms with Crippen LogP contribution in [0.2, 0.25) is 0 Å². The number of anilines is 1. The van der Waals surface area contributed by atoms with Crippen LogP contribution in [0, 0.1) is 0 Å². The summed E-state index contributed by atoms with van der Waals surface area (Å²) >= 11 is 0. The number of nitrogens with zero attached hydrogens (tertiary/aromatic N) is 1. The third kappa shape index (κ3) is 6.05. The number of benzene rings is 2. The second-order valence-electron chi connectivity index (χ2n) is 8.87. The highest BCUT2D eigenvalue weighted by Crippen LogP contribution is 2.31. The topological polar surface area (TPSA) is 82.7 Å². The molecule has 1 aliphatic carbocycles. The lowest BCUT2D eigenvalue weighted by Crippen LogP contribution is -2.38. The van der Waals surface area contributed by atoms with Crippen molar-refractivity contribution in [1.82, 2.24) is 15.5 Å². The Morgan fingerprint density at radius 1 is 1.00 bits per heavy atom. The predicted molar refractivity (Wildman–Crippen MR) is 130 cm³/mol. The Kier molecular flexibility index (Phi) is 7.83. The number of hydrogen-bond donors (Lipinski definition) is 3. The molecule has 3 amide bonds. The van der Waals surface area contributed by atoms with Crippen LogP contribution in [0.25, 0.3) is 0 Å². The average Bonchev–Trinajstić information content (AvgIpc) is 3.55. The van der Waals surface area contributed by atoms with E-state index in [9.17, 15) is 9.59 Å². The van der Waals surface area contributed by atoms with Gasteiger partial charge in [-0.25, -0.2) is 4.79 Å². The normalized spacial score (nSPS) is 17.5. The van der Waals surface area contributed by atoms with Crippen molar-refractivity contribution >= 4 is 17.6 Å². The van der Waals surface area contributed by atoms with Crippen molar-refractivity contribution in [2.45, 2.75) is 50.6 Å². The number of hydrogen-bond acceptors (Lipinski definition) is 4. The van der Waals surface area contributed by atoms with Gasteiger partial charge in [0.2, 0.25) is 0 Å². The molecule has 7 heteroatoms. The number of para-hydroxylation sites is 1. The largest absolute Gasteiger partial charge is 0.496 e. The molecule has 1 saturated heterocycles. The maximum absolute atomic E-state index is 12.6. The van der Waals surface area contributed by atoms with E-state index in [0.717, 1.165) is 37.2 Å². The summed E-state index contributed by atoms with van der Waals surface area (Å²) in [5, 5.41) is 8.98. The van der Waals surface area contributed by atoms with E-state index in [4.69, 9.17) is 4.74 Å². The van der Waals surface area contributed by atoms with Crippen LogP contribution in [-0.2, 0) is 0 Å². The molecule has 0 bridgehead atoms. The van der Waals surface area contributed by atoms with Crippen LogP contribution in [0.4, 0.5) is 10.5 Å². The summed E-state index contributed by atoms with van der Waals surface area (Å²) in [5.41, 5.74) is 2.35. The third-order valence-electron chi connectivity index (χ3n) is 6.63. The summed E-state index contributed by atoms with van der Waals surface area (Å²) in [5.74, 6) is 0.784. The van der Waals surface area contributed by atoms with Crippen LogP contribution < -0.4 is 20.7 Å². The van der Waals surface area contributed by atoms with Gasteiger partial charge in [0.05, 0.1) is 13.2 Å². The summed E-state index contributed by atoms with van der Waals surface area (Å²) in [7, 11) is 1.68. The SMILES string of the molecule is COc1ccccc1C(CNC(=O)Nc1ccc(C(=O)NC2CCCC2)cc1)N1CCCC1. The van der Waals surface area contributed by atoms with Crippen molar-refractivity contribution < 1.29 is 14.3 Å². The summed E-state index contributed by atoms with van der Waals surface area (Å²) in [6.07, 6.45) is 6.80. The van der Waals surface area contributed by atoms with Gasteiger partial charge in [-0.15, -0.1) is 0 Å². The molecule has 3 N–H and O–H groups in total. The van der Waals surface area contributed by atoms with Gasteiger partial charge in [0.25, 0.3) is 5.91 Å². The van der Waals surface area contributed by atoms with Gasteiger partial charge in [-0.05, 0) is 69.1 Å². The monoisotopic (exact) mass is 450 g/mol. The van der Waals surface area contributed by atoms with E-state index in [2.05, 4.69) is 26.9 Å². The minimum atomic E-state index is -0.266. The summed E-state index contributed by atoms with van der Waals surface area (Å²) in [6, 6.07) is 15.1. The first-order valence-corrected chi connectivity index (χ1v) is 12.0. The Balaban J connectivity index is 1.33. The number of amides is 3. The maximum Gasteiger partial charge on any atom is 0.319 e. The number of ether oxygens (including phenoxy) is 1. The minimum absolute atomic E-state index is 0.0519. The average molecular weight is 451 g/mol. The zero-order valence-electron chi connectivity index (χ0n) is 19.3. The molecule has 2 aromatic carbocycles. The molecular formula is C26H34N4O3. The molecule has 2 fully saturated rings. The van der Waals surface area contributed by atoms with Crippen molar-refractivity contribution in [3.63, 3.8) is 0 Å². The van der Waals surface area contributed by atoms with E-state index in [1.807, 2.05) is 18.2 Å². The fourth-order valence-electron chi connectivity index (χ4n) is 4.84. The lowest BCUT2D eigenvalue weighted by molar-refractivity contribution is 0.0938. The smallest absolute Gasteiger partial charge is 0.319 e. The number of carbonyl (C=O) groups is 2. The molecule has 1 aliphatic heterocycles. The van der Waals surface area contributed by atoms with E-state index in [1.165, 1.54) is 25.7 Å². The van der Waals surface area contributed by atoms with Crippen molar-refractivity contribution in [1.29, 1.82) is 0 Å². The fourth-order valence-corrected chi connectivity index (χ4v) is 4.84. The van der Waals surface area contributed by atoms with E-state index in [1.54, 1.807) is 31.4 Å². The van der Waals surface area contributed by atoms with E-state index >= 15 is 0 Å². The lowest BCUT2D eigenvalue weighted by atomic mass is 10.0. The summed E-state index contributed by atoms with van der Waals surface area (Å²) < 4.78 is 5.57. The van der Waals surface area contributed by atoms with Crippen LogP contribution in [0.1, 0.15) is 60.5 Å². The molecule has 1 saturated carbocycles. The second kappa shape index (κ2) is 11.2. The quantitative estimate of drug-likeness (QED) is 0.559. The lowest BCUT2D eigenvalue weighted by Gasteiger charge is -2.29. The fraction of sp³-hybridized carbons (Fsp3) is 0.462. The standard InChI is InChI=1S/C26H34N4O3/c1-33-24-11-5-4-10-22(24)23(30-16-6-7-17-30)18-27-26(32)29-21-14-12-19(13-15-21)25(31)28-20-8-2-3-9-20/h4-5,10-15,20,23H,2-3,6-9,16-18H2,1H3,(H,28,31)(H2,27,29,32). The minimum Gasteiger partial charge on any atom is -0.496 e. The summed E-state index contributed by atoms with van der Waals surface area (Å²) in [6.45, 7) is 2.50. The Labute approximate surface area is 195 Å². The Hall–Kier alpha value is -3.06. The first-order chi connectivity index (χ1) is 16.1. The van der Waals surface area contributed by atoms with Gasteiger partial charge in [-0.3, -0.25) is 9.69 Å². The van der Waals surface area contributed by atoms with Crippen molar-refractivity contribution in [3.8, 4) is 5.75 Å². The molecule has 0 aromatic heterocycles. The van der Waals surface area contributed by atoms with Gasteiger partial charge >= 0.3 is 6.03 Å². The van der Waals surface area contributed by atoms with Gasteiger partial charge in [0, 0.05) is 29.4 Å². The molecule has 4 rings (SSSR count). The highest BCUT2D eigenvalue weighted by atomic mass is 16.5. The molecule has 0 radical (unpaired) electrons. The van der Waals surface area contributed by atoms with Gasteiger partial charge in [0.15, 0.2) is 0 Å². The first-order valence-electron chi connectivity index (χ1n) is 12.0. The molecule has 1 heterocycles. The van der Waals surface area contributed by atoms with Crippen LogP contribution >= 0.6 is 0 Å². The molecule has 33 heavy (non-hydrogen) atoms. The van der Waals surface area contributed by atoms with E-state index < -0.39 is 0 Å². The first kappa shape index (κ1) is 23.1. The number of methoxy groups -OCH3 is 1. The van der Waals surface area contributed by atoms with Gasteiger partial charge in [-0.1, -0.05) is 31.0 Å². The molecule has 7 nitrogen and oxygen atoms in total. The number of likely N-dealkylation sites (tertiary alicyclic amines) is 1. The highest BCUT2D eigenvalue weighted by Gasteiger charge is 2.26. The van der Waals surface area contributed by atoms with Crippen LogP contribution in [0.5, 0.6) is 5.75 Å². The number of rotatable bonds is 8. The maximum atomic E-state index is 12.6. The molecule has 0 spiro atoms. The van der Waals surface area contributed by atoms with Crippen molar-refractivity contribution in [3.05, 3.63) is 59.7 Å². The summed E-state index contributed by atoms with van der Waals surface area (Å²) in [4.78, 5) is 27.4. The number of carbonyl (C=O) groups excluding carboxylic acids is 2. The van der Waals surface area contributed by atoms with Crippen LogP contribution in [0.15, 0.2) is 48.5 Å².